The highest BCUT2D eigenvalue weighted by Crippen LogP contribution is 2.32. The predicted molar refractivity (Wildman–Crippen MR) is 70.9 cm³/mol. The maximum absolute atomic E-state index is 12.6. The monoisotopic (exact) mass is 290 g/mol. The maximum Gasteiger partial charge on any atom is 0.318 e. The molecule has 2 fully saturated rings. The van der Waals surface area contributed by atoms with Crippen molar-refractivity contribution in [1.82, 2.24) is 8.61 Å². The third-order valence-electron chi connectivity index (χ3n) is 3.84. The number of hydrogen-bond donors (Lipinski definition) is 1. The van der Waals surface area contributed by atoms with Gasteiger partial charge in [-0.1, -0.05) is 6.42 Å². The minimum absolute atomic E-state index is 0.0331. The molecule has 1 saturated carbocycles. The van der Waals surface area contributed by atoms with Crippen LogP contribution in [0, 0.1) is 5.92 Å². The molecule has 1 saturated heterocycles. The standard InChI is InChI=1S/C12H22N2O4S/c1-10-4-2-3-7-14(10)19(17,18)13(9-12(15)16)8-11-5-6-11/h10-11H,2-9H2,1H3,(H,15,16). The smallest absolute Gasteiger partial charge is 0.318 e. The lowest BCUT2D eigenvalue weighted by Gasteiger charge is -2.36. The Kier molecular flexibility index (Phi) is 4.47. The second kappa shape index (κ2) is 5.76. The normalized spacial score (nSPS) is 25.7. The van der Waals surface area contributed by atoms with Crippen molar-refractivity contribution in [2.24, 2.45) is 5.92 Å². The van der Waals surface area contributed by atoms with Crippen molar-refractivity contribution in [3.05, 3.63) is 0 Å². The van der Waals surface area contributed by atoms with Gasteiger partial charge in [-0.2, -0.15) is 17.0 Å². The van der Waals surface area contributed by atoms with Gasteiger partial charge in [0.2, 0.25) is 0 Å². The van der Waals surface area contributed by atoms with Gasteiger partial charge in [0.05, 0.1) is 0 Å². The van der Waals surface area contributed by atoms with Crippen LogP contribution < -0.4 is 0 Å². The Hall–Kier alpha value is -0.660. The quantitative estimate of drug-likeness (QED) is 0.788. The molecule has 0 amide bonds. The Morgan fingerprint density at radius 1 is 1.32 bits per heavy atom. The van der Waals surface area contributed by atoms with Crippen molar-refractivity contribution in [1.29, 1.82) is 0 Å². The van der Waals surface area contributed by atoms with E-state index in [2.05, 4.69) is 0 Å². The molecule has 0 radical (unpaired) electrons. The molecule has 19 heavy (non-hydrogen) atoms. The zero-order valence-electron chi connectivity index (χ0n) is 11.3. The van der Waals surface area contributed by atoms with E-state index in [1.165, 1.54) is 4.31 Å². The largest absolute Gasteiger partial charge is 0.480 e. The van der Waals surface area contributed by atoms with Crippen LogP contribution in [0.25, 0.3) is 0 Å². The number of carbonyl (C=O) groups is 1. The van der Waals surface area contributed by atoms with Gasteiger partial charge in [0.15, 0.2) is 0 Å². The van der Waals surface area contributed by atoms with Gasteiger partial charge in [-0.15, -0.1) is 0 Å². The van der Waals surface area contributed by atoms with Crippen molar-refractivity contribution in [3.63, 3.8) is 0 Å². The van der Waals surface area contributed by atoms with Crippen LogP contribution in [-0.2, 0) is 15.0 Å². The number of piperidine rings is 1. The van der Waals surface area contributed by atoms with E-state index in [1.54, 1.807) is 0 Å². The Morgan fingerprint density at radius 2 is 2.00 bits per heavy atom. The highest BCUT2D eigenvalue weighted by Gasteiger charge is 2.38. The lowest BCUT2D eigenvalue weighted by atomic mass is 10.1. The second-order valence-electron chi connectivity index (χ2n) is 5.59. The van der Waals surface area contributed by atoms with E-state index in [1.807, 2.05) is 6.92 Å². The summed E-state index contributed by atoms with van der Waals surface area (Å²) in [6.45, 7) is 2.32. The number of carboxylic acid groups (broad SMARTS) is 1. The summed E-state index contributed by atoms with van der Waals surface area (Å²) in [5.41, 5.74) is 0. The molecule has 2 rings (SSSR count). The molecule has 2 aliphatic rings. The van der Waals surface area contributed by atoms with Gasteiger partial charge in [0.1, 0.15) is 6.54 Å². The second-order valence-corrected chi connectivity index (χ2v) is 7.47. The first-order valence-corrected chi connectivity index (χ1v) is 8.29. The molecule has 1 unspecified atom stereocenters. The van der Waals surface area contributed by atoms with Gasteiger partial charge in [0, 0.05) is 19.1 Å². The Labute approximate surface area is 114 Å². The third-order valence-corrected chi connectivity index (χ3v) is 5.90. The van der Waals surface area contributed by atoms with Crippen LogP contribution in [0.15, 0.2) is 0 Å². The maximum atomic E-state index is 12.6. The van der Waals surface area contributed by atoms with Gasteiger partial charge in [-0.3, -0.25) is 4.79 Å². The van der Waals surface area contributed by atoms with Crippen molar-refractivity contribution in [3.8, 4) is 0 Å². The Morgan fingerprint density at radius 3 is 2.53 bits per heavy atom. The molecule has 0 bridgehead atoms. The number of rotatable bonds is 6. The molecule has 1 N–H and O–H groups in total. The fraction of sp³-hybridized carbons (Fsp3) is 0.917. The molecule has 0 aromatic carbocycles. The summed E-state index contributed by atoms with van der Waals surface area (Å²) in [5.74, 6) is -0.747. The van der Waals surface area contributed by atoms with Crippen molar-refractivity contribution in [2.75, 3.05) is 19.6 Å². The predicted octanol–water partition coefficient (Wildman–Crippen LogP) is 0.902. The highest BCUT2D eigenvalue weighted by molar-refractivity contribution is 7.86. The zero-order chi connectivity index (χ0) is 14.0. The summed E-state index contributed by atoms with van der Waals surface area (Å²) in [7, 11) is -3.64. The van der Waals surface area contributed by atoms with Crippen LogP contribution in [0.3, 0.4) is 0 Å². The van der Waals surface area contributed by atoms with Crippen LogP contribution >= 0.6 is 0 Å². The van der Waals surface area contributed by atoms with Crippen LogP contribution in [0.4, 0.5) is 0 Å². The summed E-state index contributed by atoms with van der Waals surface area (Å²) in [5, 5.41) is 8.92. The molecule has 1 atom stereocenters. The van der Waals surface area contributed by atoms with Gasteiger partial charge in [-0.05, 0) is 38.5 Å². The molecular formula is C12H22N2O4S. The molecule has 110 valence electrons. The molecule has 1 aliphatic carbocycles. The minimum Gasteiger partial charge on any atom is -0.480 e. The van der Waals surface area contributed by atoms with E-state index in [0.717, 1.165) is 36.4 Å². The lowest BCUT2D eigenvalue weighted by Crippen LogP contribution is -2.51. The van der Waals surface area contributed by atoms with Gasteiger partial charge < -0.3 is 5.11 Å². The van der Waals surface area contributed by atoms with E-state index in [-0.39, 0.29) is 6.04 Å². The Balaban J connectivity index is 2.13. The van der Waals surface area contributed by atoms with Crippen molar-refractivity contribution in [2.45, 2.75) is 45.1 Å². The third kappa shape index (κ3) is 3.67. The van der Waals surface area contributed by atoms with Crippen LogP contribution in [-0.4, -0.2) is 53.8 Å². The van der Waals surface area contributed by atoms with Crippen LogP contribution in [0.5, 0.6) is 0 Å². The van der Waals surface area contributed by atoms with Crippen LogP contribution in [0.2, 0.25) is 0 Å². The molecule has 1 heterocycles. The number of hydrogen-bond acceptors (Lipinski definition) is 3. The number of aliphatic carboxylic acids is 1. The van der Waals surface area contributed by atoms with Gasteiger partial charge in [0.25, 0.3) is 10.2 Å². The molecule has 7 heteroatoms. The van der Waals surface area contributed by atoms with E-state index in [4.69, 9.17) is 5.11 Å². The number of nitrogens with zero attached hydrogens (tertiary/aromatic N) is 2. The first-order chi connectivity index (χ1) is 8.91. The molecule has 6 nitrogen and oxygen atoms in total. The van der Waals surface area contributed by atoms with E-state index in [9.17, 15) is 13.2 Å². The van der Waals surface area contributed by atoms with Gasteiger partial charge >= 0.3 is 5.97 Å². The summed E-state index contributed by atoms with van der Waals surface area (Å²) in [6, 6.07) is -0.0331. The van der Waals surface area contributed by atoms with Gasteiger partial charge in [-0.25, -0.2) is 0 Å². The topological polar surface area (TPSA) is 77.9 Å². The van der Waals surface area contributed by atoms with Crippen LogP contribution in [0.1, 0.15) is 39.0 Å². The molecule has 0 aromatic heterocycles. The van der Waals surface area contributed by atoms with E-state index in [0.29, 0.717) is 19.0 Å². The fourth-order valence-corrected chi connectivity index (χ4v) is 4.43. The summed E-state index contributed by atoms with van der Waals surface area (Å²) >= 11 is 0. The average Bonchev–Trinajstić information content (AvgIpc) is 3.12. The van der Waals surface area contributed by atoms with E-state index >= 15 is 0 Å². The van der Waals surface area contributed by atoms with Crippen molar-refractivity contribution < 1.29 is 18.3 Å². The lowest BCUT2D eigenvalue weighted by molar-refractivity contribution is -0.137. The fourth-order valence-electron chi connectivity index (χ4n) is 2.54. The number of carboxylic acids is 1. The minimum atomic E-state index is -3.64. The van der Waals surface area contributed by atoms with E-state index < -0.39 is 22.7 Å². The molecule has 1 aliphatic heterocycles. The summed E-state index contributed by atoms with van der Waals surface area (Å²) in [6.07, 6.45) is 4.74. The van der Waals surface area contributed by atoms with Crippen molar-refractivity contribution >= 4 is 16.2 Å². The molecule has 0 spiro atoms. The molecule has 0 aromatic rings. The summed E-state index contributed by atoms with van der Waals surface area (Å²) < 4.78 is 27.8. The zero-order valence-corrected chi connectivity index (χ0v) is 12.1. The first-order valence-electron chi connectivity index (χ1n) is 6.90. The highest BCUT2D eigenvalue weighted by atomic mass is 32.2. The average molecular weight is 290 g/mol. The SMILES string of the molecule is CC1CCCCN1S(=O)(=O)N(CC(=O)O)CC1CC1. The first kappa shape index (κ1) is 14.7. The summed E-state index contributed by atoms with van der Waals surface area (Å²) in [4.78, 5) is 10.9. The Bertz CT molecular complexity index is 433. The molecular weight excluding hydrogens is 268 g/mol.